The predicted octanol–water partition coefficient (Wildman–Crippen LogP) is 7.58. The number of rotatable bonds is 15. The Kier molecular flexibility index (Phi) is 14.3. The van der Waals surface area contributed by atoms with E-state index < -0.39 is 23.7 Å². The maximum absolute atomic E-state index is 12.6. The van der Waals surface area contributed by atoms with Crippen molar-refractivity contribution in [3.8, 4) is 40.2 Å². The van der Waals surface area contributed by atoms with E-state index in [1.807, 2.05) is 6.07 Å². The van der Waals surface area contributed by atoms with Crippen molar-refractivity contribution in [3.63, 3.8) is 0 Å². The molecule has 1 aromatic carbocycles. The van der Waals surface area contributed by atoms with Crippen molar-refractivity contribution in [2.24, 2.45) is 0 Å². The quantitative estimate of drug-likeness (QED) is 0.0777. The average molecular weight is 905 g/mol. The topological polar surface area (TPSA) is 212 Å². The average Bonchev–Trinajstić information content (AvgIpc) is 3.99. The first kappa shape index (κ1) is 41.5. The van der Waals surface area contributed by atoms with Gasteiger partial charge in [-0.2, -0.15) is 0 Å². The van der Waals surface area contributed by atoms with Crippen LogP contribution in [0.15, 0.2) is 75.9 Å². The first-order valence-electron chi connectivity index (χ1n) is 16.9. The number of hydrogen-bond acceptors (Lipinski definition) is 17. The number of pyridine rings is 1. The lowest BCUT2D eigenvalue weighted by Crippen LogP contribution is -2.31. The van der Waals surface area contributed by atoms with E-state index in [-0.39, 0.29) is 49.9 Å². The zero-order valence-corrected chi connectivity index (χ0v) is 33.9. The summed E-state index contributed by atoms with van der Waals surface area (Å²) in [7, 11) is 3.12. The van der Waals surface area contributed by atoms with Crippen LogP contribution in [-0.4, -0.2) is 83.8 Å². The molecule has 0 amide bonds. The Balaban J connectivity index is 0.000000242. The van der Waals surface area contributed by atoms with Gasteiger partial charge in [0.25, 0.3) is 0 Å². The van der Waals surface area contributed by atoms with Crippen LogP contribution in [0.2, 0.25) is 0 Å². The van der Waals surface area contributed by atoms with E-state index in [0.29, 0.717) is 61.2 Å². The molecule has 0 fully saturated rings. The number of carbonyl (C=O) groups is 3. The molecule has 0 aliphatic rings. The molecule has 0 radical (unpaired) electrons. The van der Waals surface area contributed by atoms with Crippen molar-refractivity contribution >= 4 is 60.7 Å². The lowest BCUT2D eigenvalue weighted by molar-refractivity contribution is -0.144. The summed E-state index contributed by atoms with van der Waals surface area (Å²) in [6, 6.07) is 12.2. The van der Waals surface area contributed by atoms with Gasteiger partial charge < -0.3 is 46.7 Å². The number of furan rings is 2. The maximum atomic E-state index is 12.6. The highest BCUT2D eigenvalue weighted by molar-refractivity contribution is 9.10. The maximum Gasteiger partial charge on any atom is 0.377 e. The minimum absolute atomic E-state index is 0.0515. The molecule has 0 aliphatic carbocycles. The molecular formula is C37H36Br2N4O13. The van der Waals surface area contributed by atoms with Crippen LogP contribution in [0.5, 0.6) is 17.2 Å². The summed E-state index contributed by atoms with van der Waals surface area (Å²) in [6.45, 7) is 6.02. The van der Waals surface area contributed by atoms with Crippen LogP contribution in [0.3, 0.4) is 0 Å². The van der Waals surface area contributed by atoms with Crippen LogP contribution in [-0.2, 0) is 32.1 Å². The Morgan fingerprint density at radius 3 is 2.04 bits per heavy atom. The standard InChI is InChI=1S/C24H27BrN2O8.C13H9BrN2O5/c1-5-32-21(28)14-27(12-15-7-8-16(30-3)11-19(15)31-4)13-17-22(18-9-10-20(25)34-18)26-35-23(17)24(29)33-6-2;1-2-19-13(18)10-11(17)12-6(5-15-10)9(16-21-12)7-3-4-8(14)20-7/h7-11H,5-6,12-14H2,1-4H3;3-5,17H,2H2,1H3. The van der Waals surface area contributed by atoms with E-state index in [9.17, 15) is 19.5 Å². The molecule has 0 unspecified atom stereocenters. The highest BCUT2D eigenvalue weighted by Gasteiger charge is 2.29. The normalized spacial score (nSPS) is 10.9. The van der Waals surface area contributed by atoms with Crippen LogP contribution in [0.4, 0.5) is 0 Å². The van der Waals surface area contributed by atoms with Crippen LogP contribution in [0, 0.1) is 0 Å². The minimum atomic E-state index is -0.726. The lowest BCUT2D eigenvalue weighted by atomic mass is 10.1. The third kappa shape index (κ3) is 9.76. The molecule has 0 atom stereocenters. The van der Waals surface area contributed by atoms with E-state index in [1.165, 1.54) is 6.20 Å². The van der Waals surface area contributed by atoms with E-state index >= 15 is 0 Å². The summed E-state index contributed by atoms with van der Waals surface area (Å²) in [4.78, 5) is 42.4. The molecule has 17 nitrogen and oxygen atoms in total. The van der Waals surface area contributed by atoms with Gasteiger partial charge in [-0.25, -0.2) is 14.6 Å². The molecule has 56 heavy (non-hydrogen) atoms. The van der Waals surface area contributed by atoms with Gasteiger partial charge in [0, 0.05) is 30.9 Å². The Labute approximate surface area is 336 Å². The molecule has 1 N–H and O–H groups in total. The van der Waals surface area contributed by atoms with Gasteiger partial charge in [0.2, 0.25) is 11.3 Å². The number of carbonyl (C=O) groups excluding carboxylic acids is 3. The summed E-state index contributed by atoms with van der Waals surface area (Å²) >= 11 is 6.47. The lowest BCUT2D eigenvalue weighted by Gasteiger charge is -2.22. The molecule has 6 aromatic rings. The van der Waals surface area contributed by atoms with Crippen molar-refractivity contribution in [1.29, 1.82) is 0 Å². The summed E-state index contributed by atoms with van der Waals surface area (Å²) in [5, 5.41) is 18.4. The molecule has 0 saturated carbocycles. The smallest absolute Gasteiger partial charge is 0.377 e. The number of aromatic hydroxyl groups is 1. The van der Waals surface area contributed by atoms with Gasteiger partial charge in [0.05, 0.1) is 51.5 Å². The monoisotopic (exact) mass is 902 g/mol. The Bertz CT molecular complexity index is 2290. The van der Waals surface area contributed by atoms with Crippen molar-refractivity contribution < 1.29 is 61.1 Å². The fourth-order valence-electron chi connectivity index (χ4n) is 5.31. The number of nitrogens with zero attached hydrogens (tertiary/aromatic N) is 4. The molecule has 0 bridgehead atoms. The number of halogens is 2. The van der Waals surface area contributed by atoms with Crippen LogP contribution in [0.25, 0.3) is 33.9 Å². The molecule has 5 heterocycles. The van der Waals surface area contributed by atoms with E-state index in [2.05, 4.69) is 47.2 Å². The van der Waals surface area contributed by atoms with Crippen molar-refractivity contribution in [1.82, 2.24) is 20.2 Å². The molecule has 6 rings (SSSR count). The van der Waals surface area contributed by atoms with Gasteiger partial charge in [-0.05, 0) is 83.0 Å². The molecule has 19 heteroatoms. The number of benzene rings is 1. The van der Waals surface area contributed by atoms with Gasteiger partial charge in [0.1, 0.15) is 11.5 Å². The number of hydrogen-bond donors (Lipinski definition) is 1. The van der Waals surface area contributed by atoms with E-state index in [4.69, 9.17) is 41.6 Å². The first-order chi connectivity index (χ1) is 27.0. The summed E-state index contributed by atoms with van der Waals surface area (Å²) < 4.78 is 48.4. The second kappa shape index (κ2) is 19.3. The first-order valence-corrected chi connectivity index (χ1v) is 18.5. The molecule has 0 aliphatic heterocycles. The largest absolute Gasteiger partial charge is 0.502 e. The number of aromatic nitrogens is 3. The highest BCUT2D eigenvalue weighted by atomic mass is 79.9. The molecule has 5 aromatic heterocycles. The number of fused-ring (bicyclic) bond motifs is 1. The zero-order chi connectivity index (χ0) is 40.4. The van der Waals surface area contributed by atoms with Crippen LogP contribution in [0.1, 0.15) is 52.9 Å². The van der Waals surface area contributed by atoms with E-state index in [1.54, 1.807) is 76.3 Å². The third-order valence-corrected chi connectivity index (χ3v) is 8.60. The van der Waals surface area contributed by atoms with Gasteiger partial charge in [-0.1, -0.05) is 16.4 Å². The summed E-state index contributed by atoms with van der Waals surface area (Å²) in [6.07, 6.45) is 1.38. The molecule has 0 spiro atoms. The molecular weight excluding hydrogens is 868 g/mol. The number of methoxy groups -OCH3 is 2. The molecule has 0 saturated heterocycles. The fraction of sp³-hybridized carbons (Fsp3) is 0.297. The Hall–Kier alpha value is -5.66. The van der Waals surface area contributed by atoms with Gasteiger partial charge in [-0.15, -0.1) is 0 Å². The highest BCUT2D eigenvalue weighted by Crippen LogP contribution is 2.36. The van der Waals surface area contributed by atoms with E-state index in [0.717, 1.165) is 5.56 Å². The number of ether oxygens (including phenoxy) is 5. The van der Waals surface area contributed by atoms with Crippen molar-refractivity contribution in [2.75, 3.05) is 40.6 Å². The molecule has 296 valence electrons. The third-order valence-electron chi connectivity index (χ3n) is 7.75. The van der Waals surface area contributed by atoms with Crippen molar-refractivity contribution in [3.05, 3.63) is 80.6 Å². The van der Waals surface area contributed by atoms with Crippen LogP contribution >= 0.6 is 31.9 Å². The zero-order valence-electron chi connectivity index (χ0n) is 30.8. The fourth-order valence-corrected chi connectivity index (χ4v) is 5.92. The van der Waals surface area contributed by atoms with Crippen molar-refractivity contribution in [2.45, 2.75) is 33.9 Å². The Morgan fingerprint density at radius 2 is 1.43 bits per heavy atom. The van der Waals surface area contributed by atoms with Gasteiger partial charge in [0.15, 0.2) is 43.7 Å². The van der Waals surface area contributed by atoms with Gasteiger partial charge >= 0.3 is 17.9 Å². The van der Waals surface area contributed by atoms with Crippen LogP contribution < -0.4 is 9.47 Å². The number of esters is 3. The minimum Gasteiger partial charge on any atom is -0.502 e. The summed E-state index contributed by atoms with van der Waals surface area (Å²) in [5.41, 5.74) is 1.77. The Morgan fingerprint density at radius 1 is 0.786 bits per heavy atom. The second-order valence-corrected chi connectivity index (χ2v) is 12.9. The van der Waals surface area contributed by atoms with Gasteiger partial charge in [-0.3, -0.25) is 9.69 Å². The summed E-state index contributed by atoms with van der Waals surface area (Å²) in [5.74, 6) is -0.214. The second-order valence-electron chi connectivity index (χ2n) is 11.3. The predicted molar refractivity (Wildman–Crippen MR) is 203 cm³/mol. The SMILES string of the molecule is CCOC(=O)CN(Cc1ccc(OC)cc1OC)Cc1c(-c2ccc(Br)o2)noc1C(=O)OCC.CCOC(=O)c1ncc2c(-c3ccc(Br)o3)noc2c1O.